The minimum absolute atomic E-state index is 0.0343. The number of halogens is 1. The summed E-state index contributed by atoms with van der Waals surface area (Å²) in [7, 11) is 0. The van der Waals surface area contributed by atoms with Crippen molar-refractivity contribution in [3.8, 4) is 5.75 Å². The molecule has 0 saturated heterocycles. The topological polar surface area (TPSA) is 21.3 Å². The van der Waals surface area contributed by atoms with Crippen LogP contribution in [0.4, 0.5) is 5.69 Å². The molecule has 0 aliphatic carbocycles. The molecule has 2 aromatic rings. The van der Waals surface area contributed by atoms with Gasteiger partial charge in [-0.2, -0.15) is 0 Å². The first kappa shape index (κ1) is 11.4. The summed E-state index contributed by atoms with van der Waals surface area (Å²) in [6.45, 7) is 2.81. The van der Waals surface area contributed by atoms with E-state index in [4.69, 9.17) is 16.3 Å². The van der Waals surface area contributed by atoms with Crippen molar-refractivity contribution in [3.63, 3.8) is 0 Å². The Labute approximate surface area is 112 Å². The summed E-state index contributed by atoms with van der Waals surface area (Å²) in [5.41, 5.74) is 3.31. The molecule has 0 radical (unpaired) electrons. The molecule has 92 valence electrons. The van der Waals surface area contributed by atoms with Crippen molar-refractivity contribution in [3.05, 3.63) is 58.6 Å². The molecule has 0 aromatic heterocycles. The first-order valence-electron chi connectivity index (χ1n) is 6.00. The van der Waals surface area contributed by atoms with Crippen molar-refractivity contribution in [1.29, 1.82) is 0 Å². The highest BCUT2D eigenvalue weighted by atomic mass is 35.5. The maximum absolute atomic E-state index is 6.21. The Morgan fingerprint density at radius 2 is 2.00 bits per heavy atom. The predicted molar refractivity (Wildman–Crippen MR) is 74.5 cm³/mol. The number of anilines is 1. The zero-order valence-electron chi connectivity index (χ0n) is 10.1. The zero-order chi connectivity index (χ0) is 12.5. The lowest BCUT2D eigenvalue weighted by atomic mass is 10.1. The Balaban J connectivity index is 1.94. The van der Waals surface area contributed by atoms with Crippen LogP contribution in [0.5, 0.6) is 5.75 Å². The second kappa shape index (κ2) is 4.54. The van der Waals surface area contributed by atoms with Gasteiger partial charge in [0.25, 0.3) is 0 Å². The van der Waals surface area contributed by atoms with Crippen molar-refractivity contribution >= 4 is 17.3 Å². The second-order valence-corrected chi connectivity index (χ2v) is 4.86. The molecule has 2 aromatic carbocycles. The van der Waals surface area contributed by atoms with E-state index in [0.717, 1.165) is 28.6 Å². The molecule has 1 aliphatic heterocycles. The number of aryl methyl sites for hydroxylation is 1. The van der Waals surface area contributed by atoms with Gasteiger partial charge in [0, 0.05) is 10.6 Å². The van der Waals surface area contributed by atoms with Gasteiger partial charge < -0.3 is 10.1 Å². The highest BCUT2D eigenvalue weighted by Crippen LogP contribution is 2.37. The third kappa shape index (κ3) is 1.93. The molecule has 3 heteroatoms. The van der Waals surface area contributed by atoms with Gasteiger partial charge in [0.05, 0.1) is 12.2 Å². The van der Waals surface area contributed by atoms with Crippen LogP contribution in [0.3, 0.4) is 0 Å². The number of ether oxygens (including phenoxy) is 1. The fourth-order valence-corrected chi connectivity index (χ4v) is 2.52. The number of hydrogen-bond acceptors (Lipinski definition) is 2. The fraction of sp³-hybridized carbons (Fsp3) is 0.200. The average molecular weight is 260 g/mol. The van der Waals surface area contributed by atoms with E-state index in [9.17, 15) is 0 Å². The van der Waals surface area contributed by atoms with Gasteiger partial charge in [-0.1, -0.05) is 41.9 Å². The zero-order valence-corrected chi connectivity index (χ0v) is 10.9. The highest BCUT2D eigenvalue weighted by molar-refractivity contribution is 6.31. The van der Waals surface area contributed by atoms with E-state index >= 15 is 0 Å². The minimum atomic E-state index is -0.0343. The van der Waals surface area contributed by atoms with Gasteiger partial charge in [0.2, 0.25) is 0 Å². The first-order valence-corrected chi connectivity index (χ1v) is 6.38. The standard InChI is InChI=1S/C15H14ClNO/c1-10-5-4-8-13-15(10)17-9-14(18-13)11-6-2-3-7-12(11)16/h2-8,14,17H,9H2,1H3. The number of benzene rings is 2. The molecule has 0 saturated carbocycles. The lowest BCUT2D eigenvalue weighted by Gasteiger charge is -2.29. The number of rotatable bonds is 1. The Hall–Kier alpha value is -1.67. The third-order valence-corrected chi connectivity index (χ3v) is 3.56. The normalized spacial score (nSPS) is 17.6. The van der Waals surface area contributed by atoms with Crippen LogP contribution in [-0.2, 0) is 0 Å². The fourth-order valence-electron chi connectivity index (χ4n) is 2.26. The van der Waals surface area contributed by atoms with Gasteiger partial charge in [-0.25, -0.2) is 0 Å². The summed E-state index contributed by atoms with van der Waals surface area (Å²) in [6, 6.07) is 13.9. The average Bonchev–Trinajstić information content (AvgIpc) is 2.39. The molecule has 1 atom stereocenters. The number of nitrogens with one attached hydrogen (secondary N) is 1. The van der Waals surface area contributed by atoms with E-state index in [1.165, 1.54) is 5.56 Å². The molecule has 0 bridgehead atoms. The van der Waals surface area contributed by atoms with Crippen LogP contribution in [-0.4, -0.2) is 6.54 Å². The van der Waals surface area contributed by atoms with E-state index in [1.807, 2.05) is 36.4 Å². The third-order valence-electron chi connectivity index (χ3n) is 3.22. The number of para-hydroxylation sites is 1. The summed E-state index contributed by atoms with van der Waals surface area (Å²) < 4.78 is 6.03. The Morgan fingerprint density at radius 3 is 2.83 bits per heavy atom. The van der Waals surface area contributed by atoms with E-state index in [1.54, 1.807) is 0 Å². The number of fused-ring (bicyclic) bond motifs is 1. The lowest BCUT2D eigenvalue weighted by Crippen LogP contribution is -2.24. The van der Waals surface area contributed by atoms with E-state index in [2.05, 4.69) is 18.3 Å². The van der Waals surface area contributed by atoms with Crippen molar-refractivity contribution in [2.45, 2.75) is 13.0 Å². The molecular formula is C15H14ClNO. The van der Waals surface area contributed by atoms with Crippen LogP contribution in [0.25, 0.3) is 0 Å². The Bertz CT molecular complexity index is 582. The van der Waals surface area contributed by atoms with Crippen LogP contribution in [0.1, 0.15) is 17.2 Å². The molecule has 18 heavy (non-hydrogen) atoms. The van der Waals surface area contributed by atoms with Crippen LogP contribution >= 0.6 is 11.6 Å². The maximum Gasteiger partial charge on any atom is 0.143 e. The molecule has 1 heterocycles. The van der Waals surface area contributed by atoms with Crippen molar-refractivity contribution < 1.29 is 4.74 Å². The predicted octanol–water partition coefficient (Wildman–Crippen LogP) is 4.19. The number of hydrogen-bond donors (Lipinski definition) is 1. The van der Waals surface area contributed by atoms with Gasteiger partial charge in [0.15, 0.2) is 0 Å². The summed E-state index contributed by atoms with van der Waals surface area (Å²) in [5, 5.41) is 4.17. The van der Waals surface area contributed by atoms with Gasteiger partial charge in [-0.05, 0) is 24.6 Å². The summed E-state index contributed by atoms with van der Waals surface area (Å²) in [5.74, 6) is 0.895. The summed E-state index contributed by atoms with van der Waals surface area (Å²) >= 11 is 6.21. The molecule has 3 rings (SSSR count). The molecule has 1 N–H and O–H groups in total. The molecule has 0 spiro atoms. The largest absolute Gasteiger partial charge is 0.482 e. The van der Waals surface area contributed by atoms with Crippen LogP contribution in [0, 0.1) is 6.92 Å². The smallest absolute Gasteiger partial charge is 0.143 e. The monoisotopic (exact) mass is 259 g/mol. The molecule has 0 amide bonds. The van der Waals surface area contributed by atoms with E-state index in [0.29, 0.717) is 0 Å². The first-order chi connectivity index (χ1) is 8.75. The maximum atomic E-state index is 6.21. The van der Waals surface area contributed by atoms with Crippen LogP contribution in [0.2, 0.25) is 5.02 Å². The molecule has 0 fully saturated rings. The molecule has 1 aliphatic rings. The Morgan fingerprint density at radius 1 is 1.17 bits per heavy atom. The summed E-state index contributed by atoms with van der Waals surface area (Å²) in [6.07, 6.45) is -0.0343. The van der Waals surface area contributed by atoms with Crippen molar-refractivity contribution in [2.75, 3.05) is 11.9 Å². The van der Waals surface area contributed by atoms with Gasteiger partial charge in [-0.15, -0.1) is 0 Å². The summed E-state index contributed by atoms with van der Waals surface area (Å²) in [4.78, 5) is 0. The molecular weight excluding hydrogens is 246 g/mol. The quantitative estimate of drug-likeness (QED) is 0.829. The van der Waals surface area contributed by atoms with E-state index in [-0.39, 0.29) is 6.10 Å². The Kier molecular flexibility index (Phi) is 2.88. The minimum Gasteiger partial charge on any atom is -0.482 e. The SMILES string of the molecule is Cc1cccc2c1NCC(c1ccccc1Cl)O2. The lowest BCUT2D eigenvalue weighted by molar-refractivity contribution is 0.210. The van der Waals surface area contributed by atoms with Crippen molar-refractivity contribution in [2.24, 2.45) is 0 Å². The van der Waals surface area contributed by atoms with Crippen molar-refractivity contribution in [1.82, 2.24) is 0 Å². The van der Waals surface area contributed by atoms with E-state index < -0.39 is 0 Å². The van der Waals surface area contributed by atoms with Gasteiger partial charge >= 0.3 is 0 Å². The highest BCUT2D eigenvalue weighted by Gasteiger charge is 2.23. The van der Waals surface area contributed by atoms with Gasteiger partial charge in [0.1, 0.15) is 11.9 Å². The van der Waals surface area contributed by atoms with Crippen LogP contribution in [0.15, 0.2) is 42.5 Å². The van der Waals surface area contributed by atoms with Gasteiger partial charge in [-0.3, -0.25) is 0 Å². The molecule has 2 nitrogen and oxygen atoms in total. The van der Waals surface area contributed by atoms with Crippen LogP contribution < -0.4 is 10.1 Å². The molecule has 1 unspecified atom stereocenters. The second-order valence-electron chi connectivity index (χ2n) is 4.46.